The quantitative estimate of drug-likeness (QED) is 0.756. The van der Waals surface area contributed by atoms with Gasteiger partial charge in [-0.3, -0.25) is 4.79 Å². The Bertz CT molecular complexity index is 184. The number of hydrogen-bond donors (Lipinski definition) is 1. The van der Waals surface area contributed by atoms with Gasteiger partial charge in [-0.05, 0) is 18.8 Å². The van der Waals surface area contributed by atoms with Crippen LogP contribution in [0.2, 0.25) is 0 Å². The lowest BCUT2D eigenvalue weighted by Crippen LogP contribution is -2.39. The number of carbonyl (C=O) groups is 1. The van der Waals surface area contributed by atoms with Gasteiger partial charge in [0.15, 0.2) is 0 Å². The van der Waals surface area contributed by atoms with E-state index in [1.54, 1.807) is 0 Å². The maximum absolute atomic E-state index is 10.9. The summed E-state index contributed by atoms with van der Waals surface area (Å²) in [5.41, 5.74) is 0. The van der Waals surface area contributed by atoms with Crippen molar-refractivity contribution >= 4 is 37.8 Å². The normalized spacial score (nSPS) is 42.6. The molecule has 0 aromatic heterocycles. The molecule has 0 aromatic rings. The van der Waals surface area contributed by atoms with Gasteiger partial charge in [-0.25, -0.2) is 0 Å². The zero-order valence-electron chi connectivity index (χ0n) is 6.84. The molecule has 0 heterocycles. The number of halogens is 2. The van der Waals surface area contributed by atoms with E-state index in [0.717, 1.165) is 12.8 Å². The minimum absolute atomic E-state index is 0.0683. The second-order valence-corrected chi connectivity index (χ2v) is 5.61. The van der Waals surface area contributed by atoms with E-state index in [9.17, 15) is 4.79 Å². The molecule has 1 aliphatic carbocycles. The molecule has 1 saturated carbocycles. The molecule has 0 amide bonds. The van der Waals surface area contributed by atoms with E-state index in [2.05, 4.69) is 31.9 Å². The molecule has 0 aromatic carbocycles. The summed E-state index contributed by atoms with van der Waals surface area (Å²) in [6.07, 6.45) is 2.05. The number of rotatable bonds is 1. The molecular formula is C8H12Br2O2. The Labute approximate surface area is 89.0 Å². The first-order valence-corrected chi connectivity index (χ1v) is 5.88. The summed E-state index contributed by atoms with van der Waals surface area (Å²) in [7, 11) is 0. The molecule has 2 nitrogen and oxygen atoms in total. The van der Waals surface area contributed by atoms with E-state index in [4.69, 9.17) is 5.11 Å². The zero-order chi connectivity index (χ0) is 9.30. The average Bonchev–Trinajstić information content (AvgIpc) is 1.97. The fourth-order valence-corrected chi connectivity index (χ4v) is 3.28. The number of carboxylic acids is 1. The van der Waals surface area contributed by atoms with Crippen molar-refractivity contribution < 1.29 is 9.90 Å². The maximum Gasteiger partial charge on any atom is 0.307 e. The summed E-state index contributed by atoms with van der Waals surface area (Å²) in [6.45, 7) is 2.01. The lowest BCUT2D eigenvalue weighted by atomic mass is 9.80. The molecule has 1 fully saturated rings. The number of hydrogen-bond acceptors (Lipinski definition) is 1. The van der Waals surface area contributed by atoms with E-state index < -0.39 is 5.97 Å². The average molecular weight is 300 g/mol. The van der Waals surface area contributed by atoms with E-state index in [-0.39, 0.29) is 16.7 Å². The van der Waals surface area contributed by atoms with Crippen LogP contribution in [0.4, 0.5) is 0 Å². The minimum Gasteiger partial charge on any atom is -0.481 e. The van der Waals surface area contributed by atoms with Gasteiger partial charge in [-0.2, -0.15) is 0 Å². The summed E-state index contributed by atoms with van der Waals surface area (Å²) in [4.78, 5) is 11.2. The molecule has 0 aliphatic heterocycles. The van der Waals surface area contributed by atoms with Gasteiger partial charge in [0.25, 0.3) is 0 Å². The third-order valence-electron chi connectivity index (χ3n) is 2.48. The van der Waals surface area contributed by atoms with Crippen LogP contribution in [0.5, 0.6) is 0 Å². The Balaban J connectivity index is 2.71. The molecule has 1 aliphatic rings. The standard InChI is InChI=1S/C8H12Br2O2/c1-4-2-3-5(9)7(10)6(4)8(11)12/h4-7H,2-3H2,1H3,(H,11,12). The van der Waals surface area contributed by atoms with Crippen LogP contribution in [-0.2, 0) is 4.79 Å². The molecule has 70 valence electrons. The van der Waals surface area contributed by atoms with Gasteiger partial charge in [0, 0.05) is 9.65 Å². The highest BCUT2D eigenvalue weighted by Crippen LogP contribution is 2.38. The highest BCUT2D eigenvalue weighted by Gasteiger charge is 2.39. The summed E-state index contributed by atoms with van der Waals surface area (Å²) in [5, 5.41) is 8.95. The molecule has 4 unspecified atom stereocenters. The Morgan fingerprint density at radius 1 is 1.42 bits per heavy atom. The van der Waals surface area contributed by atoms with Crippen LogP contribution in [0, 0.1) is 11.8 Å². The topological polar surface area (TPSA) is 37.3 Å². The van der Waals surface area contributed by atoms with Gasteiger partial charge in [0.1, 0.15) is 0 Å². The Hall–Kier alpha value is 0.430. The monoisotopic (exact) mass is 298 g/mol. The number of alkyl halides is 2. The lowest BCUT2D eigenvalue weighted by molar-refractivity contribution is -0.144. The van der Waals surface area contributed by atoms with Crippen molar-refractivity contribution in [1.29, 1.82) is 0 Å². The van der Waals surface area contributed by atoms with Gasteiger partial charge in [0.05, 0.1) is 5.92 Å². The molecule has 1 N–H and O–H groups in total. The molecule has 0 saturated heterocycles. The van der Waals surface area contributed by atoms with Crippen molar-refractivity contribution in [3.8, 4) is 0 Å². The van der Waals surface area contributed by atoms with Crippen molar-refractivity contribution in [2.75, 3.05) is 0 Å². The van der Waals surface area contributed by atoms with Crippen LogP contribution < -0.4 is 0 Å². The van der Waals surface area contributed by atoms with Crippen molar-refractivity contribution in [2.45, 2.75) is 29.4 Å². The summed E-state index contributed by atoms with van der Waals surface area (Å²) < 4.78 is 0. The van der Waals surface area contributed by atoms with Gasteiger partial charge < -0.3 is 5.11 Å². The van der Waals surface area contributed by atoms with Crippen LogP contribution in [0.1, 0.15) is 19.8 Å². The van der Waals surface area contributed by atoms with Crippen molar-refractivity contribution in [2.24, 2.45) is 11.8 Å². The van der Waals surface area contributed by atoms with E-state index >= 15 is 0 Å². The fourth-order valence-electron chi connectivity index (χ4n) is 1.68. The summed E-state index contributed by atoms with van der Waals surface area (Å²) in [6, 6.07) is 0. The van der Waals surface area contributed by atoms with Crippen molar-refractivity contribution in [1.82, 2.24) is 0 Å². The van der Waals surface area contributed by atoms with Crippen LogP contribution in [0.15, 0.2) is 0 Å². The fraction of sp³-hybridized carbons (Fsp3) is 0.875. The van der Waals surface area contributed by atoms with Crippen molar-refractivity contribution in [3.05, 3.63) is 0 Å². The first-order valence-electron chi connectivity index (χ1n) is 4.05. The SMILES string of the molecule is CC1CCC(Br)C(Br)C1C(=O)O. The molecular weight excluding hydrogens is 288 g/mol. The molecule has 12 heavy (non-hydrogen) atoms. The highest BCUT2D eigenvalue weighted by molar-refractivity contribution is 9.12. The third-order valence-corrected chi connectivity index (χ3v) is 5.43. The summed E-state index contributed by atoms with van der Waals surface area (Å²) >= 11 is 6.91. The lowest BCUT2D eigenvalue weighted by Gasteiger charge is -2.33. The second-order valence-electron chi connectivity index (χ2n) is 3.38. The molecule has 0 bridgehead atoms. The van der Waals surface area contributed by atoms with Crippen molar-refractivity contribution in [3.63, 3.8) is 0 Å². The summed E-state index contributed by atoms with van der Waals surface area (Å²) in [5.74, 6) is -0.655. The number of carboxylic acid groups (broad SMARTS) is 1. The Kier molecular flexibility index (Phi) is 3.58. The molecule has 4 heteroatoms. The van der Waals surface area contributed by atoms with Gasteiger partial charge in [-0.1, -0.05) is 38.8 Å². The van der Waals surface area contributed by atoms with E-state index in [1.165, 1.54) is 0 Å². The molecule has 0 radical (unpaired) electrons. The Morgan fingerprint density at radius 3 is 2.42 bits per heavy atom. The van der Waals surface area contributed by atoms with Gasteiger partial charge >= 0.3 is 5.97 Å². The number of aliphatic carboxylic acids is 1. The van der Waals surface area contributed by atoms with E-state index in [1.807, 2.05) is 6.92 Å². The van der Waals surface area contributed by atoms with Gasteiger partial charge in [-0.15, -0.1) is 0 Å². The van der Waals surface area contributed by atoms with E-state index in [0.29, 0.717) is 4.83 Å². The van der Waals surface area contributed by atoms with Gasteiger partial charge in [0.2, 0.25) is 0 Å². The second kappa shape index (κ2) is 4.09. The smallest absolute Gasteiger partial charge is 0.307 e. The first kappa shape index (κ1) is 10.5. The Morgan fingerprint density at radius 2 is 2.00 bits per heavy atom. The molecule has 4 atom stereocenters. The minimum atomic E-state index is -0.687. The van der Waals surface area contributed by atoms with Crippen LogP contribution in [0.25, 0.3) is 0 Å². The predicted octanol–water partition coefficient (Wildman–Crippen LogP) is 2.64. The predicted molar refractivity (Wildman–Crippen MR) is 55.0 cm³/mol. The molecule has 0 spiro atoms. The molecule has 1 rings (SSSR count). The zero-order valence-corrected chi connectivity index (χ0v) is 10.0. The maximum atomic E-state index is 10.9. The largest absolute Gasteiger partial charge is 0.481 e. The van der Waals surface area contributed by atoms with Crippen LogP contribution >= 0.6 is 31.9 Å². The van der Waals surface area contributed by atoms with Crippen LogP contribution in [0.3, 0.4) is 0 Å². The highest BCUT2D eigenvalue weighted by atomic mass is 79.9. The third kappa shape index (κ3) is 2.02. The first-order chi connectivity index (χ1) is 5.54. The van der Waals surface area contributed by atoms with Crippen LogP contribution in [-0.4, -0.2) is 20.7 Å².